The van der Waals surface area contributed by atoms with Gasteiger partial charge in [0, 0.05) is 22.1 Å². The maximum Gasteiger partial charge on any atom is 0.293 e. The fourth-order valence-corrected chi connectivity index (χ4v) is 3.47. The van der Waals surface area contributed by atoms with E-state index in [1.54, 1.807) is 0 Å². The molecule has 116 valence electrons. The summed E-state index contributed by atoms with van der Waals surface area (Å²) in [7, 11) is 0. The SMILES string of the molecule is CC(OC=O)[C@H]1C(C)N(Cc2cccc(I)c2)O[C@H]1CO. The molecule has 0 saturated carbocycles. The third kappa shape index (κ3) is 3.94. The molecule has 1 saturated heterocycles. The Morgan fingerprint density at radius 2 is 2.33 bits per heavy atom. The summed E-state index contributed by atoms with van der Waals surface area (Å²) in [5.74, 6) is -0.0528. The zero-order chi connectivity index (χ0) is 15.4. The predicted octanol–water partition coefficient (Wildman–Crippen LogP) is 1.97. The van der Waals surface area contributed by atoms with Crippen LogP contribution in [0.4, 0.5) is 0 Å². The van der Waals surface area contributed by atoms with Gasteiger partial charge in [-0.1, -0.05) is 12.1 Å². The van der Waals surface area contributed by atoms with Crippen LogP contribution in [-0.4, -0.2) is 41.5 Å². The van der Waals surface area contributed by atoms with E-state index in [0.717, 1.165) is 5.56 Å². The smallest absolute Gasteiger partial charge is 0.293 e. The van der Waals surface area contributed by atoms with Crippen LogP contribution in [0.3, 0.4) is 0 Å². The first-order valence-corrected chi connectivity index (χ1v) is 8.02. The fourth-order valence-electron chi connectivity index (χ4n) is 2.87. The van der Waals surface area contributed by atoms with Crippen LogP contribution in [0.15, 0.2) is 24.3 Å². The van der Waals surface area contributed by atoms with Gasteiger partial charge in [-0.15, -0.1) is 0 Å². The van der Waals surface area contributed by atoms with Gasteiger partial charge in [0.2, 0.25) is 0 Å². The van der Waals surface area contributed by atoms with E-state index in [4.69, 9.17) is 9.57 Å². The second-order valence-electron chi connectivity index (χ2n) is 5.29. The first-order chi connectivity index (χ1) is 10.1. The molecular formula is C15H20INO4. The summed E-state index contributed by atoms with van der Waals surface area (Å²) in [4.78, 5) is 16.4. The number of carbonyl (C=O) groups excluding carboxylic acids is 1. The molecule has 5 nitrogen and oxygen atoms in total. The van der Waals surface area contributed by atoms with Crippen molar-refractivity contribution in [3.63, 3.8) is 0 Å². The van der Waals surface area contributed by atoms with Gasteiger partial charge < -0.3 is 9.84 Å². The third-order valence-corrected chi connectivity index (χ3v) is 4.60. The van der Waals surface area contributed by atoms with Crippen molar-refractivity contribution in [2.24, 2.45) is 5.92 Å². The Balaban J connectivity index is 2.09. The van der Waals surface area contributed by atoms with E-state index in [9.17, 15) is 9.90 Å². The van der Waals surface area contributed by atoms with Crippen LogP contribution < -0.4 is 0 Å². The molecule has 0 spiro atoms. The summed E-state index contributed by atoms with van der Waals surface area (Å²) in [5.41, 5.74) is 1.15. The first kappa shape index (κ1) is 16.7. The Morgan fingerprint density at radius 1 is 1.57 bits per heavy atom. The molecule has 4 atom stereocenters. The predicted molar refractivity (Wildman–Crippen MR) is 86.2 cm³/mol. The van der Waals surface area contributed by atoms with Crippen molar-refractivity contribution < 1.29 is 19.5 Å². The van der Waals surface area contributed by atoms with Crippen LogP contribution in [-0.2, 0) is 20.9 Å². The monoisotopic (exact) mass is 405 g/mol. The van der Waals surface area contributed by atoms with E-state index < -0.39 is 0 Å². The van der Waals surface area contributed by atoms with Crippen molar-refractivity contribution in [3.05, 3.63) is 33.4 Å². The van der Waals surface area contributed by atoms with Gasteiger partial charge in [0.1, 0.15) is 12.2 Å². The lowest BCUT2D eigenvalue weighted by Crippen LogP contribution is -2.37. The average Bonchev–Trinajstić information content (AvgIpc) is 2.76. The second-order valence-corrected chi connectivity index (χ2v) is 6.53. The van der Waals surface area contributed by atoms with Crippen LogP contribution in [0.1, 0.15) is 19.4 Å². The van der Waals surface area contributed by atoms with Crippen molar-refractivity contribution in [1.82, 2.24) is 5.06 Å². The van der Waals surface area contributed by atoms with Crippen molar-refractivity contribution in [2.45, 2.75) is 38.6 Å². The maximum absolute atomic E-state index is 10.5. The number of halogens is 1. The summed E-state index contributed by atoms with van der Waals surface area (Å²) in [6.45, 7) is 4.85. The van der Waals surface area contributed by atoms with Crippen LogP contribution in [0, 0.1) is 9.49 Å². The molecule has 0 radical (unpaired) electrons. The number of nitrogens with zero attached hydrogens (tertiary/aromatic N) is 1. The molecule has 21 heavy (non-hydrogen) atoms. The number of hydrogen-bond acceptors (Lipinski definition) is 5. The van der Waals surface area contributed by atoms with Crippen LogP contribution >= 0.6 is 22.6 Å². The Morgan fingerprint density at radius 3 is 2.95 bits per heavy atom. The standard InChI is InChI=1S/C15H20INO4/c1-10-15(11(2)20-9-19)14(8-18)21-17(10)7-12-4-3-5-13(16)6-12/h3-6,9-11,14-15,18H,7-8H2,1-2H3/t10?,11?,14-,15+/m0/s1. The van der Waals surface area contributed by atoms with Crippen LogP contribution in [0.2, 0.25) is 0 Å². The number of hydrogen-bond donors (Lipinski definition) is 1. The number of rotatable bonds is 6. The molecule has 1 N–H and O–H groups in total. The maximum atomic E-state index is 10.5. The zero-order valence-electron chi connectivity index (χ0n) is 12.1. The van der Waals surface area contributed by atoms with Crippen molar-refractivity contribution >= 4 is 29.1 Å². The highest BCUT2D eigenvalue weighted by Crippen LogP contribution is 2.32. The molecule has 1 fully saturated rings. The molecule has 1 aromatic carbocycles. The summed E-state index contributed by atoms with van der Waals surface area (Å²) < 4.78 is 6.22. The minimum Gasteiger partial charge on any atom is -0.464 e. The Labute approximate surface area is 138 Å². The molecule has 2 rings (SSSR count). The summed E-state index contributed by atoms with van der Waals surface area (Å²) in [6, 6.07) is 8.25. The molecule has 0 aliphatic carbocycles. The lowest BCUT2D eigenvalue weighted by Gasteiger charge is -2.25. The number of carbonyl (C=O) groups is 1. The van der Waals surface area contributed by atoms with E-state index in [-0.39, 0.29) is 30.8 Å². The average molecular weight is 405 g/mol. The lowest BCUT2D eigenvalue weighted by atomic mass is 9.91. The molecule has 1 aromatic rings. The van der Waals surface area contributed by atoms with Crippen LogP contribution in [0.25, 0.3) is 0 Å². The highest BCUT2D eigenvalue weighted by Gasteiger charge is 2.44. The first-order valence-electron chi connectivity index (χ1n) is 6.94. The van der Waals surface area contributed by atoms with E-state index in [2.05, 4.69) is 28.7 Å². The van der Waals surface area contributed by atoms with Gasteiger partial charge in [0.05, 0.1) is 6.61 Å². The van der Waals surface area contributed by atoms with E-state index >= 15 is 0 Å². The van der Waals surface area contributed by atoms with Crippen LogP contribution in [0.5, 0.6) is 0 Å². The normalized spacial score (nSPS) is 27.5. The summed E-state index contributed by atoms with van der Waals surface area (Å²) in [6.07, 6.45) is -0.645. The molecule has 6 heteroatoms. The van der Waals surface area contributed by atoms with E-state index in [1.807, 2.05) is 37.1 Å². The highest BCUT2D eigenvalue weighted by atomic mass is 127. The highest BCUT2D eigenvalue weighted by molar-refractivity contribution is 14.1. The number of benzene rings is 1. The lowest BCUT2D eigenvalue weighted by molar-refractivity contribution is -0.176. The van der Waals surface area contributed by atoms with Gasteiger partial charge in [0.15, 0.2) is 0 Å². The minimum atomic E-state index is -0.349. The molecule has 2 unspecified atom stereocenters. The quantitative estimate of drug-likeness (QED) is 0.580. The summed E-state index contributed by atoms with van der Waals surface area (Å²) >= 11 is 2.28. The second kappa shape index (κ2) is 7.53. The topological polar surface area (TPSA) is 59.0 Å². The molecule has 0 bridgehead atoms. The molecule has 0 aromatic heterocycles. The van der Waals surface area contributed by atoms with E-state index in [1.165, 1.54) is 3.57 Å². The number of aliphatic hydroxyl groups excluding tert-OH is 1. The molecular weight excluding hydrogens is 385 g/mol. The third-order valence-electron chi connectivity index (χ3n) is 3.93. The van der Waals surface area contributed by atoms with Crippen molar-refractivity contribution in [1.29, 1.82) is 0 Å². The fraction of sp³-hybridized carbons (Fsp3) is 0.533. The number of hydroxylamine groups is 2. The van der Waals surface area contributed by atoms with E-state index in [0.29, 0.717) is 13.0 Å². The zero-order valence-corrected chi connectivity index (χ0v) is 14.3. The molecule has 1 heterocycles. The van der Waals surface area contributed by atoms with Gasteiger partial charge in [-0.2, -0.15) is 5.06 Å². The number of aliphatic hydroxyl groups is 1. The Kier molecular flexibility index (Phi) is 5.98. The molecule has 1 aliphatic heterocycles. The molecule has 0 amide bonds. The minimum absolute atomic E-state index is 0.0509. The van der Waals surface area contributed by atoms with Crippen molar-refractivity contribution in [2.75, 3.05) is 6.61 Å². The largest absolute Gasteiger partial charge is 0.464 e. The number of ether oxygens (including phenoxy) is 1. The molecule has 1 aliphatic rings. The van der Waals surface area contributed by atoms with Gasteiger partial charge in [0.25, 0.3) is 6.47 Å². The Bertz CT molecular complexity index is 484. The van der Waals surface area contributed by atoms with Crippen molar-refractivity contribution in [3.8, 4) is 0 Å². The van der Waals surface area contributed by atoms with Gasteiger partial charge in [-0.25, -0.2) is 0 Å². The van der Waals surface area contributed by atoms with Gasteiger partial charge in [-0.05, 0) is 54.1 Å². The Hall–Kier alpha value is -0.700. The summed E-state index contributed by atoms with van der Waals surface area (Å²) in [5, 5.41) is 11.4. The van der Waals surface area contributed by atoms with Gasteiger partial charge in [-0.3, -0.25) is 9.63 Å². The van der Waals surface area contributed by atoms with Gasteiger partial charge >= 0.3 is 0 Å².